The lowest BCUT2D eigenvalue weighted by Crippen LogP contribution is -2.44. The molecule has 3 rings (SSSR count). The number of nitrogen functional groups attached to an aromatic ring is 1. The topological polar surface area (TPSA) is 71.7 Å². The summed E-state index contributed by atoms with van der Waals surface area (Å²) in [6.45, 7) is 9.03. The van der Waals surface area contributed by atoms with E-state index in [1.54, 1.807) is 43.3 Å². The van der Waals surface area contributed by atoms with Gasteiger partial charge in [-0.05, 0) is 76.2 Å². The molecule has 186 valence electrons. The summed E-state index contributed by atoms with van der Waals surface area (Å²) in [7, 11) is 0. The fraction of sp³-hybridized carbons (Fsp3) is 0.320. The van der Waals surface area contributed by atoms with Crippen molar-refractivity contribution in [3.63, 3.8) is 0 Å². The number of carbonyl (C=O) groups is 1. The average Bonchev–Trinajstić information content (AvgIpc) is 2.96. The van der Waals surface area contributed by atoms with Crippen molar-refractivity contribution in [1.29, 1.82) is 0 Å². The van der Waals surface area contributed by atoms with Crippen LogP contribution in [0.3, 0.4) is 0 Å². The van der Waals surface area contributed by atoms with Gasteiger partial charge in [-0.15, -0.1) is 0 Å². The molecule has 0 unspecified atom stereocenters. The van der Waals surface area contributed by atoms with Gasteiger partial charge in [0.15, 0.2) is 5.11 Å². The van der Waals surface area contributed by atoms with E-state index in [0.29, 0.717) is 24.3 Å². The Hall–Kier alpha value is -3.40. The molecule has 0 bridgehead atoms. The third-order valence-corrected chi connectivity index (χ3v) is 5.96. The minimum absolute atomic E-state index is 0.00189. The lowest BCUT2D eigenvalue weighted by Gasteiger charge is -2.29. The number of carbonyl (C=O) groups excluding carboxylic acids is 1. The SMILES string of the molecule is C=C(CCCc1ccc(N2C(=S)N(c3ccc(N)c(C(F)(F)F)c3)C(=O)C2(C)C)cn1)O/C=C\C. The number of hydrogen-bond donors (Lipinski definition) is 1. The van der Waals surface area contributed by atoms with Crippen LogP contribution in [0, 0.1) is 0 Å². The van der Waals surface area contributed by atoms with Crippen LogP contribution in [-0.4, -0.2) is 21.5 Å². The summed E-state index contributed by atoms with van der Waals surface area (Å²) in [6, 6.07) is 6.94. The maximum absolute atomic E-state index is 13.4. The summed E-state index contributed by atoms with van der Waals surface area (Å²) in [4.78, 5) is 20.4. The Labute approximate surface area is 207 Å². The molecular weight excluding hydrogens is 477 g/mol. The number of rotatable bonds is 8. The molecule has 0 spiro atoms. The van der Waals surface area contributed by atoms with E-state index in [1.807, 2.05) is 13.0 Å². The predicted molar refractivity (Wildman–Crippen MR) is 135 cm³/mol. The van der Waals surface area contributed by atoms with Crippen LogP contribution in [0.1, 0.15) is 44.9 Å². The summed E-state index contributed by atoms with van der Waals surface area (Å²) in [5.74, 6) is 0.211. The molecule has 2 N–H and O–H groups in total. The molecule has 0 saturated carbocycles. The number of alkyl halides is 3. The first-order chi connectivity index (χ1) is 16.4. The quantitative estimate of drug-likeness (QED) is 0.271. The van der Waals surface area contributed by atoms with Crippen LogP contribution >= 0.6 is 12.2 Å². The smallest absolute Gasteiger partial charge is 0.418 e. The number of hydrogen-bond acceptors (Lipinski definition) is 5. The fourth-order valence-corrected chi connectivity index (χ4v) is 4.29. The van der Waals surface area contributed by atoms with Gasteiger partial charge in [0, 0.05) is 17.8 Å². The normalized spacial score (nSPS) is 15.8. The zero-order chi connectivity index (χ0) is 26.0. The number of halogens is 3. The number of benzene rings is 1. The molecule has 1 aliphatic rings. The molecule has 35 heavy (non-hydrogen) atoms. The van der Waals surface area contributed by atoms with Crippen LogP contribution in [0.25, 0.3) is 0 Å². The molecule has 1 fully saturated rings. The van der Waals surface area contributed by atoms with Crippen molar-refractivity contribution in [3.05, 3.63) is 72.5 Å². The Morgan fingerprint density at radius 3 is 2.54 bits per heavy atom. The zero-order valence-corrected chi connectivity index (χ0v) is 20.5. The number of thiocarbonyl (C=S) groups is 1. The highest BCUT2D eigenvalue weighted by Crippen LogP contribution is 2.40. The summed E-state index contributed by atoms with van der Waals surface area (Å²) >= 11 is 5.55. The molecule has 0 atom stereocenters. The van der Waals surface area contributed by atoms with Crippen LogP contribution in [0.5, 0.6) is 0 Å². The maximum atomic E-state index is 13.4. The molecule has 1 saturated heterocycles. The number of ether oxygens (including phenoxy) is 1. The van der Waals surface area contributed by atoms with Crippen LogP contribution < -0.4 is 15.5 Å². The average molecular weight is 505 g/mol. The van der Waals surface area contributed by atoms with Gasteiger partial charge in [0.25, 0.3) is 5.91 Å². The summed E-state index contributed by atoms with van der Waals surface area (Å²) in [5.41, 5.74) is 4.33. The molecule has 0 radical (unpaired) electrons. The molecule has 1 aliphatic heterocycles. The van der Waals surface area contributed by atoms with E-state index in [-0.39, 0.29) is 10.8 Å². The van der Waals surface area contributed by atoms with Crippen LogP contribution in [-0.2, 0) is 22.1 Å². The number of nitrogens with two attached hydrogens (primary N) is 1. The van der Waals surface area contributed by atoms with Gasteiger partial charge in [0.2, 0.25) is 0 Å². The second kappa shape index (κ2) is 10.1. The summed E-state index contributed by atoms with van der Waals surface area (Å²) in [5, 5.41) is 0.0601. The summed E-state index contributed by atoms with van der Waals surface area (Å²) in [6.07, 6.45) is 2.48. The van der Waals surface area contributed by atoms with E-state index in [4.69, 9.17) is 22.7 Å². The van der Waals surface area contributed by atoms with E-state index in [0.717, 1.165) is 29.1 Å². The van der Waals surface area contributed by atoms with Crippen molar-refractivity contribution in [2.75, 3.05) is 15.5 Å². The fourth-order valence-electron chi connectivity index (χ4n) is 3.77. The van der Waals surface area contributed by atoms with E-state index in [1.165, 1.54) is 6.07 Å². The van der Waals surface area contributed by atoms with Crippen molar-refractivity contribution >= 4 is 40.3 Å². The number of aromatic nitrogens is 1. The largest absolute Gasteiger partial charge is 0.470 e. The van der Waals surface area contributed by atoms with Crippen molar-refractivity contribution in [3.8, 4) is 0 Å². The van der Waals surface area contributed by atoms with Crippen molar-refractivity contribution < 1.29 is 22.7 Å². The highest BCUT2D eigenvalue weighted by atomic mass is 32.1. The van der Waals surface area contributed by atoms with Crippen LogP contribution in [0.4, 0.5) is 30.2 Å². The van der Waals surface area contributed by atoms with Crippen molar-refractivity contribution in [2.24, 2.45) is 0 Å². The number of pyridine rings is 1. The highest BCUT2D eigenvalue weighted by molar-refractivity contribution is 7.81. The van der Waals surface area contributed by atoms with Gasteiger partial charge < -0.3 is 15.4 Å². The van der Waals surface area contributed by atoms with Crippen LogP contribution in [0.15, 0.2) is 61.2 Å². The molecule has 1 amide bonds. The molecule has 2 heterocycles. The van der Waals surface area contributed by atoms with E-state index in [2.05, 4.69) is 11.6 Å². The summed E-state index contributed by atoms with van der Waals surface area (Å²) < 4.78 is 45.5. The van der Waals surface area contributed by atoms with Gasteiger partial charge in [-0.3, -0.25) is 14.7 Å². The Morgan fingerprint density at radius 2 is 1.94 bits per heavy atom. The van der Waals surface area contributed by atoms with E-state index in [9.17, 15) is 18.0 Å². The van der Waals surface area contributed by atoms with Gasteiger partial charge in [-0.1, -0.05) is 12.7 Å². The molecule has 1 aromatic carbocycles. The third kappa shape index (κ3) is 5.48. The lowest BCUT2D eigenvalue weighted by molar-refractivity contribution is -0.137. The molecule has 1 aromatic heterocycles. The van der Waals surface area contributed by atoms with Gasteiger partial charge >= 0.3 is 6.18 Å². The molecule has 0 aliphatic carbocycles. The minimum atomic E-state index is -4.66. The Morgan fingerprint density at radius 1 is 1.26 bits per heavy atom. The molecule has 2 aromatic rings. The maximum Gasteiger partial charge on any atom is 0.418 e. The first-order valence-electron chi connectivity index (χ1n) is 10.9. The van der Waals surface area contributed by atoms with E-state index >= 15 is 0 Å². The molecule has 6 nitrogen and oxygen atoms in total. The number of nitrogens with zero attached hydrogens (tertiary/aromatic N) is 3. The third-order valence-electron chi connectivity index (χ3n) is 5.60. The number of amides is 1. The lowest BCUT2D eigenvalue weighted by atomic mass is 10.0. The Kier molecular flexibility index (Phi) is 7.54. The number of aryl methyl sites for hydroxylation is 1. The minimum Gasteiger partial charge on any atom is -0.470 e. The van der Waals surface area contributed by atoms with Crippen LogP contribution in [0.2, 0.25) is 0 Å². The highest BCUT2D eigenvalue weighted by Gasteiger charge is 2.50. The Bertz CT molecular complexity index is 1160. The van der Waals surface area contributed by atoms with Crippen molar-refractivity contribution in [1.82, 2.24) is 4.98 Å². The van der Waals surface area contributed by atoms with Gasteiger partial charge in [-0.25, -0.2) is 0 Å². The van der Waals surface area contributed by atoms with Gasteiger partial charge in [-0.2, -0.15) is 13.2 Å². The van der Waals surface area contributed by atoms with Gasteiger partial charge in [0.05, 0.1) is 35.2 Å². The first-order valence-corrected chi connectivity index (χ1v) is 11.3. The number of allylic oxidation sites excluding steroid dienone is 2. The molecular formula is C25H27F3N4O2S. The predicted octanol–water partition coefficient (Wildman–Crippen LogP) is 5.99. The standard InChI is InChI=1S/C25H27F3N4O2S/c1-5-13-34-16(2)7-6-8-17-9-10-19(15-30-17)32-23(35)31(22(33)24(32,3)4)18-11-12-21(29)20(14-18)25(26,27)28/h5,9-15H,2,6-8,29H2,1,3-4H3/b13-5-. The molecule has 10 heteroatoms. The monoisotopic (exact) mass is 504 g/mol. The first kappa shape index (κ1) is 26.2. The Balaban J connectivity index is 1.80. The van der Waals surface area contributed by atoms with E-state index < -0.39 is 28.9 Å². The number of anilines is 3. The second-order valence-corrected chi connectivity index (χ2v) is 8.94. The van der Waals surface area contributed by atoms with Crippen molar-refractivity contribution in [2.45, 2.75) is 51.7 Å². The van der Waals surface area contributed by atoms with Gasteiger partial charge in [0.1, 0.15) is 5.54 Å². The second-order valence-electron chi connectivity index (χ2n) is 8.57. The zero-order valence-electron chi connectivity index (χ0n) is 19.7.